The molecule has 9 heteroatoms. The number of amides is 2. The van der Waals surface area contributed by atoms with Gasteiger partial charge in [-0.25, -0.2) is 9.78 Å². The second-order valence-electron chi connectivity index (χ2n) is 10.8. The number of carbonyl (C=O) groups excluding carboxylic acids is 2. The maximum Gasteiger partial charge on any atom is 0.410 e. The topological polar surface area (TPSA) is 101 Å². The van der Waals surface area contributed by atoms with Gasteiger partial charge in [0.1, 0.15) is 15.3 Å². The summed E-state index contributed by atoms with van der Waals surface area (Å²) in [6.07, 6.45) is 2.87. The number of ether oxygens (including phenoxy) is 1. The Morgan fingerprint density at radius 3 is 2.43 bits per heavy atom. The van der Waals surface area contributed by atoms with E-state index in [2.05, 4.69) is 34.5 Å². The van der Waals surface area contributed by atoms with Crippen molar-refractivity contribution in [3.05, 3.63) is 52.5 Å². The smallest absolute Gasteiger partial charge is 0.410 e. The van der Waals surface area contributed by atoms with Crippen LogP contribution in [0.1, 0.15) is 60.5 Å². The number of nitrogens with two attached hydrogens (primary N) is 1. The van der Waals surface area contributed by atoms with E-state index in [1.165, 1.54) is 24.2 Å². The Labute approximate surface area is 221 Å². The fourth-order valence-electron chi connectivity index (χ4n) is 4.53. The van der Waals surface area contributed by atoms with Crippen molar-refractivity contribution in [1.82, 2.24) is 15.2 Å². The number of aromatic nitrogens is 1. The fraction of sp³-hybridized carbons (Fsp3) is 0.464. The van der Waals surface area contributed by atoms with E-state index in [4.69, 9.17) is 15.5 Å². The lowest BCUT2D eigenvalue weighted by molar-refractivity contribution is 0.0240. The van der Waals surface area contributed by atoms with E-state index >= 15 is 0 Å². The molecule has 5 rings (SSSR count). The van der Waals surface area contributed by atoms with Crippen LogP contribution in [0.15, 0.2) is 36.4 Å². The summed E-state index contributed by atoms with van der Waals surface area (Å²) in [5, 5.41) is 3.88. The minimum absolute atomic E-state index is 0.145. The Kier molecular flexibility index (Phi) is 6.98. The SMILES string of the molecule is CC(C)(C)OC(=O)N1CCN(c2ccc(CCNC(=O)c3sc4nc(C5CC5)ccc4c3N)cc2)CC1. The van der Waals surface area contributed by atoms with Crippen molar-refractivity contribution in [3.63, 3.8) is 0 Å². The molecule has 1 aliphatic carbocycles. The number of nitrogens with zero attached hydrogens (tertiary/aromatic N) is 3. The largest absolute Gasteiger partial charge is 0.444 e. The number of hydrogen-bond acceptors (Lipinski definition) is 7. The Hall–Kier alpha value is -3.33. The van der Waals surface area contributed by atoms with Crippen LogP contribution in [0.4, 0.5) is 16.2 Å². The van der Waals surface area contributed by atoms with Gasteiger partial charge in [-0.15, -0.1) is 11.3 Å². The number of benzene rings is 1. The van der Waals surface area contributed by atoms with E-state index in [1.54, 1.807) is 4.90 Å². The summed E-state index contributed by atoms with van der Waals surface area (Å²) < 4.78 is 5.48. The van der Waals surface area contributed by atoms with E-state index in [-0.39, 0.29) is 12.0 Å². The Morgan fingerprint density at radius 2 is 1.78 bits per heavy atom. The van der Waals surface area contributed by atoms with Crippen LogP contribution in [0, 0.1) is 0 Å². The van der Waals surface area contributed by atoms with Gasteiger partial charge in [-0.1, -0.05) is 12.1 Å². The molecule has 1 aliphatic heterocycles. The highest BCUT2D eigenvalue weighted by molar-refractivity contribution is 7.21. The summed E-state index contributed by atoms with van der Waals surface area (Å²) >= 11 is 1.37. The van der Waals surface area contributed by atoms with Crippen molar-refractivity contribution in [2.75, 3.05) is 43.4 Å². The summed E-state index contributed by atoms with van der Waals surface area (Å²) in [4.78, 5) is 35.3. The molecule has 0 atom stereocenters. The number of piperazine rings is 1. The maximum atomic E-state index is 12.8. The van der Waals surface area contributed by atoms with Crippen LogP contribution in [-0.2, 0) is 11.2 Å². The van der Waals surface area contributed by atoms with Crippen LogP contribution in [0.2, 0.25) is 0 Å². The van der Waals surface area contributed by atoms with Gasteiger partial charge in [-0.2, -0.15) is 0 Å². The van der Waals surface area contributed by atoms with Gasteiger partial charge in [0.15, 0.2) is 0 Å². The first kappa shape index (κ1) is 25.3. The molecule has 3 N–H and O–H groups in total. The van der Waals surface area contributed by atoms with Gasteiger partial charge in [-0.05, 0) is 69.9 Å². The Bertz CT molecular complexity index is 1290. The molecule has 2 aromatic heterocycles. The minimum Gasteiger partial charge on any atom is -0.444 e. The number of hydrogen-bond donors (Lipinski definition) is 2. The van der Waals surface area contributed by atoms with Crippen LogP contribution < -0.4 is 16.0 Å². The van der Waals surface area contributed by atoms with Crippen LogP contribution in [0.3, 0.4) is 0 Å². The number of pyridine rings is 1. The zero-order valence-electron chi connectivity index (χ0n) is 21.8. The van der Waals surface area contributed by atoms with Crippen molar-refractivity contribution in [3.8, 4) is 0 Å². The van der Waals surface area contributed by atoms with E-state index in [1.807, 2.05) is 32.9 Å². The standard InChI is InChI=1S/C28H35N5O3S/c1-28(2,3)36-27(35)33-16-14-32(15-17-33)20-8-4-18(5-9-20)12-13-30-25(34)24-23(29)21-10-11-22(19-6-7-19)31-26(21)37-24/h4-5,8-11,19H,6-7,12-17,29H2,1-3H3,(H,30,34). The molecule has 8 nitrogen and oxygen atoms in total. The molecule has 2 amide bonds. The number of anilines is 2. The minimum atomic E-state index is -0.481. The van der Waals surface area contributed by atoms with Gasteiger partial charge in [0.25, 0.3) is 5.91 Å². The van der Waals surface area contributed by atoms with Gasteiger partial charge in [0, 0.05) is 55.4 Å². The molecule has 2 fully saturated rings. The zero-order chi connectivity index (χ0) is 26.2. The number of carbonyl (C=O) groups is 2. The fourth-order valence-corrected chi connectivity index (χ4v) is 5.55. The average Bonchev–Trinajstić information content (AvgIpc) is 3.67. The van der Waals surface area contributed by atoms with Gasteiger partial charge in [-0.3, -0.25) is 4.79 Å². The molecular weight excluding hydrogens is 486 g/mol. The molecule has 0 radical (unpaired) electrons. The summed E-state index contributed by atoms with van der Waals surface area (Å²) in [6.45, 7) is 8.99. The van der Waals surface area contributed by atoms with Gasteiger partial charge in [0.05, 0.1) is 5.69 Å². The molecule has 1 saturated heterocycles. The van der Waals surface area contributed by atoms with E-state index in [9.17, 15) is 9.59 Å². The molecule has 2 aliphatic rings. The zero-order valence-corrected chi connectivity index (χ0v) is 22.6. The Morgan fingerprint density at radius 1 is 1.08 bits per heavy atom. The third-order valence-corrected chi connectivity index (χ3v) is 7.86. The maximum absolute atomic E-state index is 12.8. The molecule has 37 heavy (non-hydrogen) atoms. The van der Waals surface area contributed by atoms with Gasteiger partial charge in [0.2, 0.25) is 0 Å². The summed E-state index contributed by atoms with van der Waals surface area (Å²) in [7, 11) is 0. The molecular formula is C28H35N5O3S. The molecule has 0 bridgehead atoms. The number of fused-ring (bicyclic) bond motifs is 1. The first-order chi connectivity index (χ1) is 17.7. The number of rotatable bonds is 6. The predicted octanol–water partition coefficient (Wildman–Crippen LogP) is 4.79. The van der Waals surface area contributed by atoms with Crippen LogP contribution in [0.25, 0.3) is 10.2 Å². The summed E-state index contributed by atoms with van der Waals surface area (Å²) in [5.74, 6) is 0.422. The lowest BCUT2D eigenvalue weighted by atomic mass is 10.1. The highest BCUT2D eigenvalue weighted by Crippen LogP contribution is 2.41. The van der Waals surface area contributed by atoms with Crippen molar-refractivity contribution in [2.45, 2.75) is 51.6 Å². The highest BCUT2D eigenvalue weighted by atomic mass is 32.1. The van der Waals surface area contributed by atoms with Crippen LogP contribution >= 0.6 is 11.3 Å². The van der Waals surface area contributed by atoms with E-state index in [0.29, 0.717) is 36.1 Å². The number of nitrogen functional groups attached to an aromatic ring is 1. The average molecular weight is 522 g/mol. The highest BCUT2D eigenvalue weighted by Gasteiger charge is 2.27. The predicted molar refractivity (Wildman–Crippen MR) is 149 cm³/mol. The van der Waals surface area contributed by atoms with Crippen molar-refractivity contribution in [2.24, 2.45) is 0 Å². The van der Waals surface area contributed by atoms with Crippen LogP contribution in [0.5, 0.6) is 0 Å². The van der Waals surface area contributed by atoms with E-state index < -0.39 is 5.60 Å². The number of thiophene rings is 1. The summed E-state index contributed by atoms with van der Waals surface area (Å²) in [5.41, 5.74) is 9.70. The van der Waals surface area contributed by atoms with E-state index in [0.717, 1.165) is 46.7 Å². The van der Waals surface area contributed by atoms with Gasteiger partial charge < -0.3 is 25.6 Å². The second-order valence-corrected chi connectivity index (χ2v) is 11.8. The monoisotopic (exact) mass is 521 g/mol. The van der Waals surface area contributed by atoms with Crippen LogP contribution in [-0.4, -0.2) is 60.2 Å². The molecule has 1 aromatic carbocycles. The molecule has 196 valence electrons. The van der Waals surface area contributed by atoms with Crippen molar-refractivity contribution >= 4 is 44.9 Å². The summed E-state index contributed by atoms with van der Waals surface area (Å²) in [6, 6.07) is 12.4. The van der Waals surface area contributed by atoms with Crippen molar-refractivity contribution < 1.29 is 14.3 Å². The third-order valence-electron chi connectivity index (χ3n) is 6.75. The first-order valence-corrected chi connectivity index (χ1v) is 13.8. The third kappa shape index (κ3) is 5.98. The molecule has 0 spiro atoms. The van der Waals surface area contributed by atoms with Crippen molar-refractivity contribution in [1.29, 1.82) is 0 Å². The normalized spacial score (nSPS) is 16.2. The molecule has 0 unspecified atom stereocenters. The molecule has 1 saturated carbocycles. The lowest BCUT2D eigenvalue weighted by Crippen LogP contribution is -2.50. The quantitative estimate of drug-likeness (QED) is 0.484. The molecule has 3 heterocycles. The Balaban J connectivity index is 1.11. The lowest BCUT2D eigenvalue weighted by Gasteiger charge is -2.36. The molecule has 3 aromatic rings. The second kappa shape index (κ2) is 10.2. The van der Waals surface area contributed by atoms with Gasteiger partial charge >= 0.3 is 6.09 Å². The first-order valence-electron chi connectivity index (χ1n) is 13.0. The number of nitrogens with one attached hydrogen (secondary N) is 1.